The molecule has 0 saturated carbocycles. The molecule has 82 valence electrons. The molecule has 0 aliphatic rings. The second-order valence-corrected chi connectivity index (χ2v) is 3.30. The Morgan fingerprint density at radius 2 is 1.88 bits per heavy atom. The zero-order valence-corrected chi connectivity index (χ0v) is 11.0. The summed E-state index contributed by atoms with van der Waals surface area (Å²) in [5.74, 6) is -0.895. The molecule has 2 nitrogen and oxygen atoms in total. The third kappa shape index (κ3) is 4.55. The monoisotopic (exact) mass is 239 g/mol. The van der Waals surface area contributed by atoms with Crippen LogP contribution in [0.15, 0.2) is 18.2 Å². The van der Waals surface area contributed by atoms with E-state index in [0.717, 1.165) is 12.1 Å². The number of benzene rings is 1. The van der Waals surface area contributed by atoms with Crippen LogP contribution in [0.2, 0.25) is 0 Å². The van der Waals surface area contributed by atoms with E-state index < -0.39 is 17.6 Å². The van der Waals surface area contributed by atoms with Crippen molar-refractivity contribution in [3.8, 4) is 0 Å². The number of aryl methyl sites for hydroxylation is 1. The number of alkyl halides is 3. The maximum absolute atomic E-state index is 12.4. The number of halogens is 3. The first kappa shape index (κ1) is 15.5. The summed E-state index contributed by atoms with van der Waals surface area (Å²) < 4.78 is 37.1. The van der Waals surface area contributed by atoms with Gasteiger partial charge in [-0.15, -0.1) is 0 Å². The Kier molecular flexibility index (Phi) is 5.52. The van der Waals surface area contributed by atoms with E-state index in [1.54, 1.807) is 0 Å². The summed E-state index contributed by atoms with van der Waals surface area (Å²) in [6, 6.07) is 3.39. The molecular formula is C10H9F3NNaO. The van der Waals surface area contributed by atoms with Gasteiger partial charge < -0.3 is 10.5 Å². The van der Waals surface area contributed by atoms with Crippen molar-refractivity contribution in [2.24, 2.45) is 0 Å². The number of hydrogen-bond donors (Lipinski definition) is 0. The van der Waals surface area contributed by atoms with Crippen LogP contribution in [-0.2, 0) is 17.4 Å². The summed E-state index contributed by atoms with van der Waals surface area (Å²) in [5, 5.41) is 0. The van der Waals surface area contributed by atoms with E-state index >= 15 is 0 Å². The van der Waals surface area contributed by atoms with Gasteiger partial charge in [-0.05, 0) is 24.6 Å². The summed E-state index contributed by atoms with van der Waals surface area (Å²) in [4.78, 5) is 10.5. The van der Waals surface area contributed by atoms with Crippen molar-refractivity contribution in [2.45, 2.75) is 19.5 Å². The Hall–Kier alpha value is -0.520. The zero-order chi connectivity index (χ0) is 11.6. The van der Waals surface area contributed by atoms with Crippen LogP contribution in [-0.4, -0.2) is 5.91 Å². The minimum atomic E-state index is -4.41. The van der Waals surface area contributed by atoms with Gasteiger partial charge in [0.15, 0.2) is 0 Å². The summed E-state index contributed by atoms with van der Waals surface area (Å²) in [7, 11) is 0. The molecule has 1 aromatic rings. The molecule has 0 heterocycles. The second-order valence-electron chi connectivity index (χ2n) is 3.30. The standard InChI is InChI=1S/C10H10F3NO.Na/c1-6-2-7(5-9(14)15)4-8(3-6)10(11,12)13;/h2-4H,5H2,1H3,(H2,14,15);/q;+1/p-1. The predicted octanol–water partition coefficient (Wildman–Crippen LogP) is 0.139. The Balaban J connectivity index is 0.00000225. The van der Waals surface area contributed by atoms with Crippen molar-refractivity contribution in [1.82, 2.24) is 0 Å². The average Bonchev–Trinajstić information content (AvgIpc) is 1.99. The number of carbonyl (C=O) groups is 1. The van der Waals surface area contributed by atoms with E-state index in [-0.39, 0.29) is 41.5 Å². The van der Waals surface area contributed by atoms with Gasteiger partial charge in [0, 0.05) is 6.42 Å². The van der Waals surface area contributed by atoms with Crippen molar-refractivity contribution in [3.05, 3.63) is 40.6 Å². The quantitative estimate of drug-likeness (QED) is 0.677. The van der Waals surface area contributed by atoms with Crippen LogP contribution in [0.25, 0.3) is 5.73 Å². The van der Waals surface area contributed by atoms with E-state index in [1.807, 2.05) is 0 Å². The molecule has 1 aromatic carbocycles. The van der Waals surface area contributed by atoms with Crippen molar-refractivity contribution in [1.29, 1.82) is 0 Å². The minimum absolute atomic E-state index is 0. The van der Waals surface area contributed by atoms with E-state index in [1.165, 1.54) is 13.0 Å². The normalized spacial score (nSPS) is 10.8. The minimum Gasteiger partial charge on any atom is -0.667 e. The number of rotatable bonds is 2. The van der Waals surface area contributed by atoms with Crippen molar-refractivity contribution in [2.75, 3.05) is 0 Å². The van der Waals surface area contributed by atoms with Gasteiger partial charge in [0.25, 0.3) is 0 Å². The first-order chi connectivity index (χ1) is 6.79. The van der Waals surface area contributed by atoms with Crippen LogP contribution in [0, 0.1) is 6.92 Å². The van der Waals surface area contributed by atoms with E-state index in [2.05, 4.69) is 0 Å². The predicted molar refractivity (Wildman–Crippen MR) is 49.2 cm³/mol. The molecule has 0 unspecified atom stereocenters. The van der Waals surface area contributed by atoms with Gasteiger partial charge in [-0.3, -0.25) is 0 Å². The fourth-order valence-corrected chi connectivity index (χ4v) is 1.31. The molecule has 0 saturated heterocycles. The maximum atomic E-state index is 12.4. The van der Waals surface area contributed by atoms with Gasteiger partial charge in [-0.1, -0.05) is 11.6 Å². The zero-order valence-electron chi connectivity index (χ0n) is 8.98. The molecule has 6 heteroatoms. The van der Waals surface area contributed by atoms with Crippen molar-refractivity contribution in [3.63, 3.8) is 0 Å². The molecule has 0 spiro atoms. The van der Waals surface area contributed by atoms with Gasteiger partial charge in [-0.25, -0.2) is 0 Å². The molecule has 0 fully saturated rings. The van der Waals surface area contributed by atoms with Crippen LogP contribution in [0.3, 0.4) is 0 Å². The molecule has 0 radical (unpaired) electrons. The summed E-state index contributed by atoms with van der Waals surface area (Å²) in [5.41, 5.74) is 6.57. The molecular weight excluding hydrogens is 230 g/mol. The summed E-state index contributed by atoms with van der Waals surface area (Å²) >= 11 is 0. The largest absolute Gasteiger partial charge is 1.00 e. The van der Waals surface area contributed by atoms with E-state index in [4.69, 9.17) is 5.73 Å². The van der Waals surface area contributed by atoms with Gasteiger partial charge in [0.05, 0.1) is 11.5 Å². The van der Waals surface area contributed by atoms with Crippen LogP contribution >= 0.6 is 0 Å². The molecule has 0 aromatic heterocycles. The molecule has 0 aliphatic heterocycles. The number of nitrogens with one attached hydrogen (secondary N) is 1. The first-order valence-corrected chi connectivity index (χ1v) is 4.21. The Morgan fingerprint density at radius 3 is 2.31 bits per heavy atom. The van der Waals surface area contributed by atoms with Gasteiger partial charge in [-0.2, -0.15) is 13.2 Å². The SMILES string of the molecule is Cc1cc(CC([NH-])=O)cc(C(F)(F)F)c1.[Na+]. The van der Waals surface area contributed by atoms with E-state index in [9.17, 15) is 18.0 Å². The Morgan fingerprint density at radius 1 is 1.31 bits per heavy atom. The van der Waals surface area contributed by atoms with Crippen LogP contribution < -0.4 is 29.6 Å². The molecule has 1 rings (SSSR count). The third-order valence-corrected chi connectivity index (χ3v) is 1.83. The number of carbonyl (C=O) groups excluding carboxylic acids is 1. The van der Waals surface area contributed by atoms with Crippen molar-refractivity contribution >= 4 is 5.91 Å². The smallest absolute Gasteiger partial charge is 0.667 e. The summed E-state index contributed by atoms with van der Waals surface area (Å²) in [6.45, 7) is 1.52. The van der Waals surface area contributed by atoms with E-state index in [0.29, 0.717) is 5.56 Å². The number of hydrogen-bond acceptors (Lipinski definition) is 1. The average molecular weight is 239 g/mol. The second kappa shape index (κ2) is 5.70. The third-order valence-electron chi connectivity index (χ3n) is 1.83. The van der Waals surface area contributed by atoms with Gasteiger partial charge in [0.1, 0.15) is 0 Å². The first-order valence-electron chi connectivity index (χ1n) is 4.21. The van der Waals surface area contributed by atoms with Crippen LogP contribution in [0.1, 0.15) is 16.7 Å². The van der Waals surface area contributed by atoms with Crippen molar-refractivity contribution < 1.29 is 47.5 Å². The summed E-state index contributed by atoms with van der Waals surface area (Å²) in [6.07, 6.45) is -4.70. The Labute approximate surface area is 113 Å². The van der Waals surface area contributed by atoms with Gasteiger partial charge >= 0.3 is 35.7 Å². The molecule has 1 N–H and O–H groups in total. The topological polar surface area (TPSA) is 40.9 Å². The molecule has 0 aliphatic carbocycles. The Bertz CT molecular complexity index is 390. The molecule has 0 atom stereocenters. The fraction of sp³-hybridized carbons (Fsp3) is 0.300. The maximum Gasteiger partial charge on any atom is 1.00 e. The van der Waals surface area contributed by atoms with Crippen LogP contribution in [0.4, 0.5) is 13.2 Å². The van der Waals surface area contributed by atoms with Gasteiger partial charge in [0.2, 0.25) is 0 Å². The fourth-order valence-electron chi connectivity index (χ4n) is 1.31. The molecule has 16 heavy (non-hydrogen) atoms. The molecule has 1 amide bonds. The molecule has 0 bridgehead atoms. The van der Waals surface area contributed by atoms with Crippen LogP contribution in [0.5, 0.6) is 0 Å². The number of amides is 1.